The van der Waals surface area contributed by atoms with Gasteiger partial charge in [0.2, 0.25) is 5.88 Å². The molecule has 0 aliphatic carbocycles. The molecule has 0 fully saturated rings. The maximum atomic E-state index is 10.9. The summed E-state index contributed by atoms with van der Waals surface area (Å²) >= 11 is 3.26. The highest BCUT2D eigenvalue weighted by Crippen LogP contribution is 2.35. The lowest BCUT2D eigenvalue weighted by atomic mass is 10.1. The quantitative estimate of drug-likeness (QED) is 0.628. The summed E-state index contributed by atoms with van der Waals surface area (Å²) in [6.07, 6.45) is 1.49. The molecule has 0 radical (unpaired) electrons. The zero-order valence-corrected chi connectivity index (χ0v) is 9.89. The van der Waals surface area contributed by atoms with Gasteiger partial charge in [-0.05, 0) is 22.0 Å². The fraction of sp³-hybridized carbons (Fsp3) is 0.100. The molecular weight excluding hydrogens is 276 g/mol. The number of rotatable bonds is 2. The van der Waals surface area contributed by atoms with Crippen LogP contribution in [0.2, 0.25) is 0 Å². The predicted octanol–water partition coefficient (Wildman–Crippen LogP) is 2.91. The minimum absolute atomic E-state index is 0.0325. The Labute approximate surface area is 99.3 Å². The molecule has 0 saturated carbocycles. The van der Waals surface area contributed by atoms with Gasteiger partial charge in [0.15, 0.2) is 0 Å². The third-order valence-electron chi connectivity index (χ3n) is 2.20. The third kappa shape index (κ3) is 1.61. The van der Waals surface area contributed by atoms with Crippen LogP contribution in [0.3, 0.4) is 0 Å². The zero-order chi connectivity index (χ0) is 11.7. The SMILES string of the molecule is COc1ncc(Br)c2c([N+](=O)[O-])cccc12. The van der Waals surface area contributed by atoms with Gasteiger partial charge >= 0.3 is 0 Å². The van der Waals surface area contributed by atoms with Gasteiger partial charge in [0, 0.05) is 12.3 Å². The number of aromatic nitrogens is 1. The summed E-state index contributed by atoms with van der Waals surface area (Å²) in [7, 11) is 1.48. The summed E-state index contributed by atoms with van der Waals surface area (Å²) < 4.78 is 5.64. The van der Waals surface area contributed by atoms with Crippen LogP contribution in [0.1, 0.15) is 0 Å². The minimum Gasteiger partial charge on any atom is -0.481 e. The standard InChI is InChI=1S/C10H7BrN2O3/c1-16-10-6-3-2-4-8(13(14)15)9(6)7(11)5-12-10/h2-5H,1H3. The maximum Gasteiger partial charge on any atom is 0.278 e. The van der Waals surface area contributed by atoms with E-state index in [1.54, 1.807) is 12.1 Å². The number of non-ortho nitro benzene ring substituents is 1. The molecule has 1 aromatic heterocycles. The number of methoxy groups -OCH3 is 1. The van der Waals surface area contributed by atoms with Crippen molar-refractivity contribution in [3.05, 3.63) is 39.0 Å². The van der Waals surface area contributed by atoms with Gasteiger partial charge in [-0.2, -0.15) is 0 Å². The average Bonchev–Trinajstić information content (AvgIpc) is 2.29. The number of nitrogens with zero attached hydrogens (tertiary/aromatic N) is 2. The van der Waals surface area contributed by atoms with Crippen LogP contribution in [0.15, 0.2) is 28.9 Å². The molecule has 0 aliphatic heterocycles. The summed E-state index contributed by atoms with van der Waals surface area (Å²) in [5.74, 6) is 0.377. The van der Waals surface area contributed by atoms with Crippen molar-refractivity contribution in [2.24, 2.45) is 0 Å². The Hall–Kier alpha value is -1.69. The Bertz CT molecular complexity index is 571. The van der Waals surface area contributed by atoms with Crippen molar-refractivity contribution in [3.8, 4) is 5.88 Å². The first-order chi connectivity index (χ1) is 7.65. The topological polar surface area (TPSA) is 65.3 Å². The molecule has 1 aromatic carbocycles. The molecule has 82 valence electrons. The molecule has 0 aliphatic rings. The first kappa shape index (κ1) is 10.8. The van der Waals surface area contributed by atoms with Gasteiger partial charge in [-0.3, -0.25) is 10.1 Å². The van der Waals surface area contributed by atoms with Gasteiger partial charge in [0.25, 0.3) is 5.69 Å². The molecule has 0 atom stereocenters. The van der Waals surface area contributed by atoms with E-state index in [0.29, 0.717) is 21.1 Å². The van der Waals surface area contributed by atoms with Crippen molar-refractivity contribution in [3.63, 3.8) is 0 Å². The first-order valence-electron chi connectivity index (χ1n) is 4.40. The van der Waals surface area contributed by atoms with Crippen LogP contribution in [-0.4, -0.2) is 17.0 Å². The lowest BCUT2D eigenvalue weighted by Gasteiger charge is -2.05. The number of benzene rings is 1. The molecule has 0 amide bonds. The smallest absolute Gasteiger partial charge is 0.278 e. The second-order valence-corrected chi connectivity index (χ2v) is 3.93. The molecule has 2 rings (SSSR count). The van der Waals surface area contributed by atoms with Crippen molar-refractivity contribution in [2.75, 3.05) is 7.11 Å². The zero-order valence-electron chi connectivity index (χ0n) is 8.31. The number of nitro benzene ring substituents is 1. The van der Waals surface area contributed by atoms with Gasteiger partial charge < -0.3 is 4.74 Å². The molecule has 2 aromatic rings. The number of fused-ring (bicyclic) bond motifs is 1. The van der Waals surface area contributed by atoms with Crippen molar-refractivity contribution >= 4 is 32.4 Å². The highest BCUT2D eigenvalue weighted by atomic mass is 79.9. The number of hydrogen-bond acceptors (Lipinski definition) is 4. The van der Waals surface area contributed by atoms with Gasteiger partial charge in [-0.15, -0.1) is 0 Å². The van der Waals surface area contributed by atoms with Gasteiger partial charge in [-0.1, -0.05) is 6.07 Å². The van der Waals surface area contributed by atoms with Crippen molar-refractivity contribution < 1.29 is 9.66 Å². The molecule has 0 N–H and O–H groups in total. The summed E-state index contributed by atoms with van der Waals surface area (Å²) in [5, 5.41) is 12.0. The highest BCUT2D eigenvalue weighted by Gasteiger charge is 2.17. The number of hydrogen-bond donors (Lipinski definition) is 0. The Balaban J connectivity index is 2.91. The Morgan fingerprint density at radius 2 is 2.25 bits per heavy atom. The molecule has 0 saturated heterocycles. The first-order valence-corrected chi connectivity index (χ1v) is 5.20. The molecule has 16 heavy (non-hydrogen) atoms. The fourth-order valence-electron chi connectivity index (χ4n) is 1.53. The second kappa shape index (κ2) is 4.05. The summed E-state index contributed by atoms with van der Waals surface area (Å²) in [6.45, 7) is 0. The van der Waals surface area contributed by atoms with Crippen molar-refractivity contribution in [1.82, 2.24) is 4.98 Å². The van der Waals surface area contributed by atoms with E-state index in [1.165, 1.54) is 19.4 Å². The van der Waals surface area contributed by atoms with Crippen LogP contribution >= 0.6 is 15.9 Å². The summed E-state index contributed by atoms with van der Waals surface area (Å²) in [5.41, 5.74) is 0.0325. The summed E-state index contributed by atoms with van der Waals surface area (Å²) in [6, 6.07) is 4.79. The number of halogens is 1. The highest BCUT2D eigenvalue weighted by molar-refractivity contribution is 9.10. The van der Waals surface area contributed by atoms with Gasteiger partial charge in [-0.25, -0.2) is 4.98 Å². The lowest BCUT2D eigenvalue weighted by Crippen LogP contribution is -1.94. The van der Waals surface area contributed by atoms with E-state index in [1.807, 2.05) is 0 Å². The fourth-order valence-corrected chi connectivity index (χ4v) is 2.05. The Morgan fingerprint density at radius 3 is 2.88 bits per heavy atom. The predicted molar refractivity (Wildman–Crippen MR) is 62.6 cm³/mol. The van der Waals surface area contributed by atoms with Crippen LogP contribution in [0.4, 0.5) is 5.69 Å². The molecule has 0 spiro atoms. The van der Waals surface area contributed by atoms with E-state index in [2.05, 4.69) is 20.9 Å². The number of pyridine rings is 1. The van der Waals surface area contributed by atoms with Gasteiger partial charge in [0.05, 0.1) is 27.3 Å². The van der Waals surface area contributed by atoms with E-state index in [9.17, 15) is 10.1 Å². The van der Waals surface area contributed by atoms with Gasteiger partial charge in [0.1, 0.15) is 0 Å². The van der Waals surface area contributed by atoms with E-state index < -0.39 is 4.92 Å². The van der Waals surface area contributed by atoms with Crippen LogP contribution in [-0.2, 0) is 0 Å². The second-order valence-electron chi connectivity index (χ2n) is 3.07. The maximum absolute atomic E-state index is 10.9. The molecular formula is C10H7BrN2O3. The van der Waals surface area contributed by atoms with Crippen LogP contribution in [0.25, 0.3) is 10.8 Å². The normalized spacial score (nSPS) is 10.4. The minimum atomic E-state index is -0.424. The Morgan fingerprint density at radius 1 is 1.50 bits per heavy atom. The third-order valence-corrected chi connectivity index (χ3v) is 2.80. The average molecular weight is 283 g/mol. The van der Waals surface area contributed by atoms with Crippen LogP contribution in [0, 0.1) is 10.1 Å². The Kier molecular flexibility index (Phi) is 2.74. The largest absolute Gasteiger partial charge is 0.481 e. The van der Waals surface area contributed by atoms with Crippen LogP contribution in [0.5, 0.6) is 5.88 Å². The lowest BCUT2D eigenvalue weighted by molar-refractivity contribution is -0.383. The molecule has 5 nitrogen and oxygen atoms in total. The molecule has 0 bridgehead atoms. The van der Waals surface area contributed by atoms with E-state index in [0.717, 1.165) is 0 Å². The number of ether oxygens (including phenoxy) is 1. The van der Waals surface area contributed by atoms with Crippen LogP contribution < -0.4 is 4.74 Å². The molecule has 1 heterocycles. The van der Waals surface area contributed by atoms with E-state index >= 15 is 0 Å². The van der Waals surface area contributed by atoms with Crippen molar-refractivity contribution in [1.29, 1.82) is 0 Å². The molecule has 0 unspecified atom stereocenters. The summed E-state index contributed by atoms with van der Waals surface area (Å²) in [4.78, 5) is 14.5. The van der Waals surface area contributed by atoms with E-state index in [4.69, 9.17) is 4.74 Å². The number of nitro groups is 1. The van der Waals surface area contributed by atoms with Crippen molar-refractivity contribution in [2.45, 2.75) is 0 Å². The van der Waals surface area contributed by atoms with E-state index in [-0.39, 0.29) is 5.69 Å². The monoisotopic (exact) mass is 282 g/mol. The molecule has 6 heteroatoms.